The number of rotatable bonds is 4. The first kappa shape index (κ1) is 12.9. The van der Waals surface area contributed by atoms with Crippen molar-refractivity contribution < 1.29 is 9.90 Å². The number of carbonyl (C=O) groups is 1. The second-order valence-corrected chi connectivity index (χ2v) is 4.74. The minimum Gasteiger partial charge on any atom is -0.480 e. The average Bonchev–Trinajstić information content (AvgIpc) is 2.58. The number of aromatic nitrogens is 1. The Hall–Kier alpha value is -1.52. The van der Waals surface area contributed by atoms with Crippen molar-refractivity contribution in [1.82, 2.24) is 4.57 Å². The summed E-state index contributed by atoms with van der Waals surface area (Å²) in [7, 11) is 0. The zero-order valence-corrected chi connectivity index (χ0v) is 10.9. The van der Waals surface area contributed by atoms with E-state index in [1.807, 2.05) is 25.3 Å². The molecule has 4 nitrogen and oxygen atoms in total. The lowest BCUT2D eigenvalue weighted by atomic mass is 10.1. The van der Waals surface area contributed by atoms with Crippen molar-refractivity contribution in [3.8, 4) is 0 Å². The third-order valence-corrected chi connectivity index (χ3v) is 3.37. The van der Waals surface area contributed by atoms with Crippen LogP contribution in [-0.2, 0) is 17.8 Å². The largest absolute Gasteiger partial charge is 0.480 e. The number of carboxylic acids is 1. The van der Waals surface area contributed by atoms with Gasteiger partial charge in [0, 0.05) is 16.6 Å². The number of carboxylic acid groups (broad SMARTS) is 1. The van der Waals surface area contributed by atoms with Gasteiger partial charge in [-0.15, -0.1) is 0 Å². The molecule has 0 atom stereocenters. The summed E-state index contributed by atoms with van der Waals surface area (Å²) >= 11 is 6.10. The average molecular weight is 267 g/mol. The van der Waals surface area contributed by atoms with Gasteiger partial charge in [0.25, 0.3) is 0 Å². The van der Waals surface area contributed by atoms with Crippen LogP contribution >= 0.6 is 11.6 Å². The van der Waals surface area contributed by atoms with E-state index in [0.29, 0.717) is 11.6 Å². The number of hydrogen-bond acceptors (Lipinski definition) is 2. The molecule has 0 radical (unpaired) electrons. The highest BCUT2D eigenvalue weighted by Crippen LogP contribution is 2.28. The van der Waals surface area contributed by atoms with Crippen LogP contribution in [0, 0.1) is 6.92 Å². The van der Waals surface area contributed by atoms with E-state index in [1.54, 1.807) is 4.57 Å². The number of aryl methyl sites for hydroxylation is 1. The van der Waals surface area contributed by atoms with Crippen LogP contribution in [0.4, 0.5) is 0 Å². The van der Waals surface area contributed by atoms with Crippen LogP contribution in [0.5, 0.6) is 0 Å². The van der Waals surface area contributed by atoms with Crippen molar-refractivity contribution >= 4 is 28.5 Å². The van der Waals surface area contributed by atoms with E-state index in [4.69, 9.17) is 22.4 Å². The molecular formula is C13H15ClN2O2. The second kappa shape index (κ2) is 5.00. The molecule has 0 aliphatic heterocycles. The minimum absolute atomic E-state index is 0.0690. The molecule has 1 heterocycles. The van der Waals surface area contributed by atoms with E-state index >= 15 is 0 Å². The lowest BCUT2D eigenvalue weighted by Gasteiger charge is -2.03. The van der Waals surface area contributed by atoms with Crippen LogP contribution in [0.15, 0.2) is 18.3 Å². The Kier molecular flexibility index (Phi) is 3.59. The van der Waals surface area contributed by atoms with Crippen LogP contribution in [0.25, 0.3) is 10.9 Å². The summed E-state index contributed by atoms with van der Waals surface area (Å²) in [5.74, 6) is -0.872. The number of hydrogen-bond donors (Lipinski definition) is 2. The molecule has 2 aromatic rings. The molecule has 0 unspecified atom stereocenters. The zero-order chi connectivity index (χ0) is 13.3. The van der Waals surface area contributed by atoms with Gasteiger partial charge in [-0.05, 0) is 43.1 Å². The number of fused-ring (bicyclic) bond motifs is 1. The van der Waals surface area contributed by atoms with Crippen LogP contribution in [0.3, 0.4) is 0 Å². The maximum absolute atomic E-state index is 10.9. The zero-order valence-electron chi connectivity index (χ0n) is 10.1. The summed E-state index contributed by atoms with van der Waals surface area (Å²) in [6, 6.07) is 3.80. The monoisotopic (exact) mass is 266 g/mol. The van der Waals surface area contributed by atoms with Crippen molar-refractivity contribution in [2.75, 3.05) is 6.54 Å². The van der Waals surface area contributed by atoms with Gasteiger partial charge in [0.15, 0.2) is 0 Å². The van der Waals surface area contributed by atoms with Crippen LogP contribution < -0.4 is 5.73 Å². The topological polar surface area (TPSA) is 68.2 Å². The Morgan fingerprint density at radius 3 is 2.83 bits per heavy atom. The summed E-state index contributed by atoms with van der Waals surface area (Å²) in [6.07, 6.45) is 2.58. The third-order valence-electron chi connectivity index (χ3n) is 2.96. The first-order chi connectivity index (χ1) is 8.52. The fraction of sp³-hybridized carbons (Fsp3) is 0.308. The quantitative estimate of drug-likeness (QED) is 0.891. The molecule has 0 bridgehead atoms. The van der Waals surface area contributed by atoms with Crippen molar-refractivity contribution in [2.45, 2.75) is 19.9 Å². The Morgan fingerprint density at radius 2 is 2.22 bits per heavy atom. The molecule has 2 rings (SSSR count). The van der Waals surface area contributed by atoms with E-state index in [0.717, 1.165) is 28.5 Å². The number of nitrogens with two attached hydrogens (primary N) is 1. The third kappa shape index (κ3) is 2.35. The normalized spacial score (nSPS) is 11.1. The van der Waals surface area contributed by atoms with Gasteiger partial charge in [-0.1, -0.05) is 11.6 Å². The summed E-state index contributed by atoms with van der Waals surface area (Å²) < 4.78 is 1.70. The molecule has 1 aromatic heterocycles. The van der Waals surface area contributed by atoms with Crippen molar-refractivity contribution in [1.29, 1.82) is 0 Å². The predicted molar refractivity (Wildman–Crippen MR) is 72.1 cm³/mol. The number of aliphatic carboxylic acids is 1. The number of nitrogens with zero attached hydrogens (tertiary/aromatic N) is 1. The van der Waals surface area contributed by atoms with E-state index in [9.17, 15) is 4.79 Å². The first-order valence-corrected chi connectivity index (χ1v) is 6.10. The van der Waals surface area contributed by atoms with E-state index in [1.165, 1.54) is 0 Å². The Bertz CT molecular complexity index is 605. The maximum Gasteiger partial charge on any atom is 0.323 e. The highest BCUT2D eigenvalue weighted by atomic mass is 35.5. The van der Waals surface area contributed by atoms with Gasteiger partial charge in [-0.2, -0.15) is 0 Å². The molecule has 1 aromatic carbocycles. The first-order valence-electron chi connectivity index (χ1n) is 5.72. The molecule has 96 valence electrons. The van der Waals surface area contributed by atoms with Crippen molar-refractivity contribution in [2.24, 2.45) is 5.73 Å². The smallest absolute Gasteiger partial charge is 0.323 e. The van der Waals surface area contributed by atoms with Gasteiger partial charge >= 0.3 is 5.97 Å². The Labute approximate surface area is 110 Å². The molecule has 3 N–H and O–H groups in total. The second-order valence-electron chi connectivity index (χ2n) is 4.33. The molecule has 0 spiro atoms. The molecule has 0 saturated carbocycles. The molecule has 0 saturated heterocycles. The van der Waals surface area contributed by atoms with Gasteiger partial charge in [0.2, 0.25) is 0 Å². The molecule has 0 amide bonds. The van der Waals surface area contributed by atoms with Crippen LogP contribution in [0.2, 0.25) is 5.02 Å². The number of benzene rings is 1. The van der Waals surface area contributed by atoms with Gasteiger partial charge in [0.1, 0.15) is 6.54 Å². The summed E-state index contributed by atoms with van der Waals surface area (Å²) in [5.41, 5.74) is 8.47. The fourth-order valence-corrected chi connectivity index (χ4v) is 2.28. The molecule has 18 heavy (non-hydrogen) atoms. The van der Waals surface area contributed by atoms with Crippen molar-refractivity contribution in [3.63, 3.8) is 0 Å². The van der Waals surface area contributed by atoms with Gasteiger partial charge in [0.05, 0.1) is 5.52 Å². The van der Waals surface area contributed by atoms with Gasteiger partial charge in [-0.3, -0.25) is 4.79 Å². The van der Waals surface area contributed by atoms with E-state index in [2.05, 4.69) is 0 Å². The molecule has 0 aliphatic rings. The Balaban J connectivity index is 2.64. The molecule has 5 heteroatoms. The lowest BCUT2D eigenvalue weighted by Crippen LogP contribution is -2.07. The van der Waals surface area contributed by atoms with Crippen LogP contribution in [0.1, 0.15) is 11.1 Å². The number of halogens is 1. The highest BCUT2D eigenvalue weighted by molar-refractivity contribution is 6.32. The summed E-state index contributed by atoms with van der Waals surface area (Å²) in [5, 5.41) is 10.6. The lowest BCUT2D eigenvalue weighted by molar-refractivity contribution is -0.137. The van der Waals surface area contributed by atoms with Gasteiger partial charge < -0.3 is 15.4 Å². The maximum atomic E-state index is 10.9. The Morgan fingerprint density at radius 1 is 1.50 bits per heavy atom. The minimum atomic E-state index is -0.872. The highest BCUT2D eigenvalue weighted by Gasteiger charge is 2.12. The van der Waals surface area contributed by atoms with E-state index < -0.39 is 5.97 Å². The summed E-state index contributed by atoms with van der Waals surface area (Å²) in [6.45, 7) is 2.40. The molecular weight excluding hydrogens is 252 g/mol. The molecule has 0 aliphatic carbocycles. The summed E-state index contributed by atoms with van der Waals surface area (Å²) in [4.78, 5) is 10.9. The fourth-order valence-electron chi connectivity index (χ4n) is 2.12. The standard InChI is InChI=1S/C13H15ClN2O2/c1-8-4-10-9(2-3-15)6-16(7-13(17)18)12(10)5-11(8)14/h4-6H,2-3,7,15H2,1H3,(H,17,18). The predicted octanol–water partition coefficient (Wildman–Crippen LogP) is 2.19. The van der Waals surface area contributed by atoms with Crippen LogP contribution in [-0.4, -0.2) is 22.2 Å². The SMILES string of the molecule is Cc1cc2c(CCN)cn(CC(=O)O)c2cc1Cl. The van der Waals surface area contributed by atoms with Crippen molar-refractivity contribution in [3.05, 3.63) is 34.5 Å². The van der Waals surface area contributed by atoms with Gasteiger partial charge in [-0.25, -0.2) is 0 Å². The van der Waals surface area contributed by atoms with E-state index in [-0.39, 0.29) is 6.54 Å². The molecule has 0 fully saturated rings.